The summed E-state index contributed by atoms with van der Waals surface area (Å²) < 4.78 is 0. The van der Waals surface area contributed by atoms with Gasteiger partial charge in [-0.1, -0.05) is 41.9 Å². The molecule has 0 N–H and O–H groups in total. The lowest BCUT2D eigenvalue weighted by Crippen LogP contribution is -2.42. The van der Waals surface area contributed by atoms with Crippen molar-refractivity contribution in [1.82, 2.24) is 9.80 Å². The van der Waals surface area contributed by atoms with Crippen molar-refractivity contribution in [3.63, 3.8) is 0 Å². The molecule has 2 amide bonds. The van der Waals surface area contributed by atoms with E-state index in [0.717, 1.165) is 5.56 Å². The average molecular weight is 237 g/mol. The van der Waals surface area contributed by atoms with Gasteiger partial charge in [-0.05, 0) is 5.56 Å². The molecule has 0 spiro atoms. The van der Waals surface area contributed by atoms with Crippen LogP contribution in [0.4, 0.5) is 4.79 Å². The number of hydrogen-bond donors (Lipinski definition) is 0. The first-order valence-corrected chi connectivity index (χ1v) is 5.46. The summed E-state index contributed by atoms with van der Waals surface area (Å²) >= 11 is 5.96. The van der Waals surface area contributed by atoms with E-state index in [9.17, 15) is 4.79 Å². The number of nitrogens with zero attached hydrogens (tertiary/aromatic N) is 2. The highest BCUT2D eigenvalue weighted by molar-refractivity contribution is 6.30. The first kappa shape index (κ1) is 11.0. The highest BCUT2D eigenvalue weighted by Gasteiger charge is 2.22. The van der Waals surface area contributed by atoms with Crippen LogP contribution in [0.3, 0.4) is 0 Å². The van der Waals surface area contributed by atoms with Crippen LogP contribution in [0.25, 0.3) is 0 Å². The van der Waals surface area contributed by atoms with Crippen molar-refractivity contribution in [2.24, 2.45) is 0 Å². The van der Waals surface area contributed by atoms with Gasteiger partial charge in [-0.3, -0.25) is 0 Å². The Hall–Kier alpha value is -1.48. The molecule has 0 aromatic heterocycles. The maximum atomic E-state index is 11.8. The van der Waals surface area contributed by atoms with Gasteiger partial charge in [-0.25, -0.2) is 4.79 Å². The molecular weight excluding hydrogens is 224 g/mol. The van der Waals surface area contributed by atoms with Crippen molar-refractivity contribution >= 4 is 17.6 Å². The monoisotopic (exact) mass is 236 g/mol. The van der Waals surface area contributed by atoms with Crippen LogP contribution in [0.5, 0.6) is 0 Å². The van der Waals surface area contributed by atoms with Gasteiger partial charge in [0.1, 0.15) is 0 Å². The number of carbonyl (C=O) groups excluding carboxylic acids is 1. The molecule has 1 aliphatic rings. The maximum Gasteiger partial charge on any atom is 0.324 e. The Morgan fingerprint density at radius 3 is 2.69 bits per heavy atom. The van der Waals surface area contributed by atoms with Crippen LogP contribution in [0.15, 0.2) is 41.6 Å². The molecule has 1 aromatic carbocycles. The lowest BCUT2D eigenvalue weighted by molar-refractivity contribution is 0.173. The van der Waals surface area contributed by atoms with Crippen molar-refractivity contribution in [1.29, 1.82) is 0 Å². The second-order valence-electron chi connectivity index (χ2n) is 3.81. The minimum atomic E-state index is -0.0201. The summed E-state index contributed by atoms with van der Waals surface area (Å²) in [6.45, 7) is 1.08. The topological polar surface area (TPSA) is 23.6 Å². The third-order valence-electron chi connectivity index (χ3n) is 2.46. The summed E-state index contributed by atoms with van der Waals surface area (Å²) in [5.41, 5.74) is 1.11. The summed E-state index contributed by atoms with van der Waals surface area (Å²) in [7, 11) is 1.71. The minimum Gasteiger partial charge on any atom is -0.315 e. The van der Waals surface area contributed by atoms with E-state index in [0.29, 0.717) is 18.1 Å². The Morgan fingerprint density at radius 1 is 1.31 bits per heavy atom. The van der Waals surface area contributed by atoms with Crippen LogP contribution >= 0.6 is 11.6 Å². The number of amides is 2. The third kappa shape index (κ3) is 2.36. The number of carbonyl (C=O) groups is 1. The zero-order valence-corrected chi connectivity index (χ0v) is 9.81. The zero-order valence-electron chi connectivity index (χ0n) is 9.06. The van der Waals surface area contributed by atoms with Crippen molar-refractivity contribution in [3.05, 3.63) is 47.1 Å². The standard InChI is InChI=1S/C12H13ClN2O/c1-14-8-11(13)9-15(12(14)16)7-10-5-3-2-4-6-10/h2-6,8H,7,9H2,1H3. The predicted molar refractivity (Wildman–Crippen MR) is 63.9 cm³/mol. The first-order valence-electron chi connectivity index (χ1n) is 5.08. The molecule has 3 nitrogen and oxygen atoms in total. The molecule has 0 radical (unpaired) electrons. The Bertz CT molecular complexity index is 416. The number of halogens is 1. The van der Waals surface area contributed by atoms with Crippen molar-refractivity contribution in [3.8, 4) is 0 Å². The molecule has 84 valence electrons. The molecule has 0 unspecified atom stereocenters. The highest BCUT2D eigenvalue weighted by Crippen LogP contribution is 2.17. The van der Waals surface area contributed by atoms with E-state index in [1.165, 1.54) is 4.90 Å². The molecule has 0 saturated heterocycles. The summed E-state index contributed by atoms with van der Waals surface area (Å²) in [5, 5.41) is 0.679. The zero-order chi connectivity index (χ0) is 11.5. The summed E-state index contributed by atoms with van der Waals surface area (Å²) in [4.78, 5) is 15.1. The summed E-state index contributed by atoms with van der Waals surface area (Å²) in [5.74, 6) is 0. The average Bonchev–Trinajstić information content (AvgIpc) is 2.27. The van der Waals surface area contributed by atoms with E-state index in [1.54, 1.807) is 18.1 Å². The van der Waals surface area contributed by atoms with Crippen molar-refractivity contribution < 1.29 is 4.79 Å². The van der Waals surface area contributed by atoms with E-state index in [4.69, 9.17) is 11.6 Å². The van der Waals surface area contributed by atoms with Crippen LogP contribution in [0, 0.1) is 0 Å². The van der Waals surface area contributed by atoms with Gasteiger partial charge in [0.2, 0.25) is 0 Å². The van der Waals surface area contributed by atoms with Crippen LogP contribution in [-0.2, 0) is 6.54 Å². The Morgan fingerprint density at radius 2 is 2.00 bits per heavy atom. The Labute approximate surface area is 99.9 Å². The molecule has 1 heterocycles. The fourth-order valence-electron chi connectivity index (χ4n) is 1.71. The van der Waals surface area contributed by atoms with Crippen molar-refractivity contribution in [2.75, 3.05) is 13.6 Å². The Kier molecular flexibility index (Phi) is 3.15. The van der Waals surface area contributed by atoms with Gasteiger partial charge in [-0.2, -0.15) is 0 Å². The number of rotatable bonds is 2. The smallest absolute Gasteiger partial charge is 0.315 e. The first-order chi connectivity index (χ1) is 7.66. The highest BCUT2D eigenvalue weighted by atomic mass is 35.5. The van der Waals surface area contributed by atoms with Gasteiger partial charge in [-0.15, -0.1) is 0 Å². The van der Waals surface area contributed by atoms with Gasteiger partial charge in [0.15, 0.2) is 0 Å². The number of hydrogen-bond acceptors (Lipinski definition) is 1. The molecule has 2 rings (SSSR count). The maximum absolute atomic E-state index is 11.8. The lowest BCUT2D eigenvalue weighted by Gasteiger charge is -2.30. The molecule has 1 aromatic rings. The molecule has 0 saturated carbocycles. The summed E-state index contributed by atoms with van der Waals surface area (Å²) in [6.07, 6.45) is 1.66. The normalized spacial score (nSPS) is 16.4. The van der Waals surface area contributed by atoms with E-state index < -0.39 is 0 Å². The molecule has 1 aliphatic heterocycles. The molecule has 0 aliphatic carbocycles. The second-order valence-corrected chi connectivity index (χ2v) is 4.30. The Balaban J connectivity index is 2.11. The molecular formula is C12H13ClN2O. The van der Waals surface area contributed by atoms with Crippen LogP contribution in [0.2, 0.25) is 0 Å². The lowest BCUT2D eigenvalue weighted by atomic mass is 10.2. The molecule has 16 heavy (non-hydrogen) atoms. The van der Waals surface area contributed by atoms with Gasteiger partial charge < -0.3 is 9.80 Å². The van der Waals surface area contributed by atoms with E-state index in [1.807, 2.05) is 30.3 Å². The molecule has 0 fully saturated rings. The summed E-state index contributed by atoms with van der Waals surface area (Å²) in [6, 6.07) is 9.86. The van der Waals surface area contributed by atoms with E-state index >= 15 is 0 Å². The van der Waals surface area contributed by atoms with Gasteiger partial charge >= 0.3 is 6.03 Å². The van der Waals surface area contributed by atoms with E-state index in [2.05, 4.69) is 0 Å². The number of urea groups is 1. The third-order valence-corrected chi connectivity index (χ3v) is 2.68. The second kappa shape index (κ2) is 4.58. The van der Waals surface area contributed by atoms with Gasteiger partial charge in [0.05, 0.1) is 11.6 Å². The van der Waals surface area contributed by atoms with E-state index in [-0.39, 0.29) is 6.03 Å². The number of benzene rings is 1. The quantitative estimate of drug-likeness (QED) is 0.775. The minimum absolute atomic E-state index is 0.0201. The molecule has 0 atom stereocenters. The fraction of sp³-hybridized carbons (Fsp3) is 0.250. The van der Waals surface area contributed by atoms with Gasteiger partial charge in [0.25, 0.3) is 0 Å². The molecule has 0 bridgehead atoms. The fourth-order valence-corrected chi connectivity index (χ4v) is 2.00. The van der Waals surface area contributed by atoms with Gasteiger partial charge in [0, 0.05) is 19.8 Å². The molecule has 4 heteroatoms. The predicted octanol–water partition coefficient (Wildman–Crippen LogP) is 2.63. The largest absolute Gasteiger partial charge is 0.324 e. The van der Waals surface area contributed by atoms with Crippen molar-refractivity contribution in [2.45, 2.75) is 6.54 Å². The van der Waals surface area contributed by atoms with Crippen LogP contribution < -0.4 is 0 Å². The SMILES string of the molecule is CN1C=C(Cl)CN(Cc2ccccc2)C1=O. The van der Waals surface area contributed by atoms with Crippen LogP contribution in [-0.4, -0.2) is 29.4 Å². The van der Waals surface area contributed by atoms with Crippen LogP contribution in [0.1, 0.15) is 5.56 Å².